The highest BCUT2D eigenvalue weighted by atomic mass is 32.1. The Balaban J connectivity index is 1.50. The summed E-state index contributed by atoms with van der Waals surface area (Å²) >= 11 is 1.62. The molecule has 1 aliphatic heterocycles. The molecule has 0 spiro atoms. The monoisotopic (exact) mass is 447 g/mol. The van der Waals surface area contributed by atoms with E-state index < -0.39 is 5.60 Å². The van der Waals surface area contributed by atoms with Crippen molar-refractivity contribution in [2.75, 3.05) is 20.8 Å². The molecule has 7 nitrogen and oxygen atoms in total. The number of carbonyl (C=O) groups is 1. The molecule has 2 heterocycles. The van der Waals surface area contributed by atoms with Crippen LogP contribution in [0.15, 0.2) is 18.2 Å². The Labute approximate surface area is 188 Å². The predicted molar refractivity (Wildman–Crippen MR) is 121 cm³/mol. The second-order valence-corrected chi connectivity index (χ2v) is 9.86. The lowest BCUT2D eigenvalue weighted by Crippen LogP contribution is -2.36. The van der Waals surface area contributed by atoms with Gasteiger partial charge in [0.2, 0.25) is 0 Å². The molecule has 0 saturated carbocycles. The van der Waals surface area contributed by atoms with Gasteiger partial charge in [-0.1, -0.05) is 17.4 Å². The first-order valence-corrected chi connectivity index (χ1v) is 11.6. The minimum Gasteiger partial charge on any atom is -0.493 e. The molecule has 1 fully saturated rings. The number of hydrogen-bond acceptors (Lipinski definition) is 7. The van der Waals surface area contributed by atoms with Crippen molar-refractivity contribution in [3.8, 4) is 11.5 Å². The molecule has 0 radical (unpaired) electrons. The summed E-state index contributed by atoms with van der Waals surface area (Å²) in [5.41, 5.74) is 0.735. The number of amides is 1. The van der Waals surface area contributed by atoms with Crippen LogP contribution in [0.2, 0.25) is 0 Å². The lowest BCUT2D eigenvalue weighted by atomic mass is 10.1. The Kier molecular flexibility index (Phi) is 7.75. The minimum atomic E-state index is -0.496. The van der Waals surface area contributed by atoms with Crippen molar-refractivity contribution in [1.82, 2.24) is 15.1 Å². The normalized spacial score (nSPS) is 16.4. The summed E-state index contributed by atoms with van der Waals surface area (Å²) in [5.74, 6) is 1.51. The highest BCUT2D eigenvalue weighted by molar-refractivity contribution is 7.11. The molecule has 3 rings (SSSR count). The second kappa shape index (κ2) is 10.3. The third-order valence-electron chi connectivity index (χ3n) is 5.20. The number of aromatic nitrogens is 2. The van der Waals surface area contributed by atoms with Crippen molar-refractivity contribution in [2.24, 2.45) is 0 Å². The number of nitrogens with zero attached hydrogens (tertiary/aromatic N) is 3. The third kappa shape index (κ3) is 6.32. The maximum absolute atomic E-state index is 12.5. The zero-order valence-corrected chi connectivity index (χ0v) is 20.0. The molecule has 1 saturated heterocycles. The molecule has 2 aromatic rings. The highest BCUT2D eigenvalue weighted by Crippen LogP contribution is 2.35. The van der Waals surface area contributed by atoms with Crippen LogP contribution in [0.5, 0.6) is 11.5 Å². The van der Waals surface area contributed by atoms with Crippen LogP contribution in [0.1, 0.15) is 68.1 Å². The van der Waals surface area contributed by atoms with E-state index in [2.05, 4.69) is 16.3 Å². The summed E-state index contributed by atoms with van der Waals surface area (Å²) in [5, 5.41) is 10.7. The molecular weight excluding hydrogens is 414 g/mol. The van der Waals surface area contributed by atoms with Gasteiger partial charge in [-0.3, -0.25) is 4.90 Å². The van der Waals surface area contributed by atoms with Crippen LogP contribution in [-0.4, -0.2) is 47.6 Å². The molecule has 170 valence electrons. The number of hydrogen-bond donors (Lipinski definition) is 0. The van der Waals surface area contributed by atoms with Crippen LogP contribution >= 0.6 is 11.3 Å². The average molecular weight is 448 g/mol. The maximum atomic E-state index is 12.5. The van der Waals surface area contributed by atoms with Gasteiger partial charge in [0, 0.05) is 13.0 Å². The van der Waals surface area contributed by atoms with Gasteiger partial charge < -0.3 is 14.2 Å². The standard InChI is InChI=1S/C23H33N3O4S/c1-23(2,3)30-22(27)26-14-8-10-17(26)21-25-24-20(31-21)11-7-6-9-16-12-13-18(28-4)19(15-16)29-5/h12-13,15,17H,6-11,14H2,1-5H3. The third-order valence-corrected chi connectivity index (χ3v) is 6.29. The van der Waals surface area contributed by atoms with Crippen LogP contribution in [0, 0.1) is 0 Å². The molecule has 1 unspecified atom stereocenters. The number of rotatable bonds is 8. The summed E-state index contributed by atoms with van der Waals surface area (Å²) in [6.07, 6.45) is 5.56. The number of carbonyl (C=O) groups excluding carboxylic acids is 1. The Hall–Kier alpha value is -2.35. The number of unbranched alkanes of at least 4 members (excludes halogenated alkanes) is 1. The fraction of sp³-hybridized carbons (Fsp3) is 0.609. The summed E-state index contributed by atoms with van der Waals surface area (Å²) in [4.78, 5) is 14.3. The SMILES string of the molecule is COc1ccc(CCCCc2nnc(C3CCCN3C(=O)OC(C)(C)C)s2)cc1OC. The maximum Gasteiger partial charge on any atom is 0.410 e. The number of likely N-dealkylation sites (tertiary alicyclic amines) is 1. The number of methoxy groups -OCH3 is 2. The van der Waals surface area contributed by atoms with Crippen molar-refractivity contribution < 1.29 is 19.0 Å². The van der Waals surface area contributed by atoms with E-state index in [-0.39, 0.29) is 12.1 Å². The van der Waals surface area contributed by atoms with Crippen LogP contribution in [0.4, 0.5) is 4.79 Å². The van der Waals surface area contributed by atoms with Crippen molar-refractivity contribution in [3.63, 3.8) is 0 Å². The lowest BCUT2D eigenvalue weighted by molar-refractivity contribution is 0.0224. The summed E-state index contributed by atoms with van der Waals surface area (Å²) in [6.45, 7) is 6.38. The number of aryl methyl sites for hydroxylation is 2. The van der Waals surface area contributed by atoms with Crippen LogP contribution in [-0.2, 0) is 17.6 Å². The smallest absolute Gasteiger partial charge is 0.410 e. The predicted octanol–water partition coefficient (Wildman–Crippen LogP) is 5.19. The fourth-order valence-corrected chi connectivity index (χ4v) is 4.74. The first kappa shape index (κ1) is 23.3. The average Bonchev–Trinajstić information content (AvgIpc) is 3.39. The van der Waals surface area contributed by atoms with Gasteiger partial charge in [0.05, 0.1) is 20.3 Å². The molecule has 31 heavy (non-hydrogen) atoms. The molecule has 1 amide bonds. The lowest BCUT2D eigenvalue weighted by Gasteiger charge is -2.27. The van der Waals surface area contributed by atoms with Gasteiger partial charge in [0.25, 0.3) is 0 Å². The van der Waals surface area contributed by atoms with Gasteiger partial charge >= 0.3 is 6.09 Å². The quantitative estimate of drug-likeness (QED) is 0.518. The van der Waals surface area contributed by atoms with E-state index in [4.69, 9.17) is 14.2 Å². The van der Waals surface area contributed by atoms with Crippen LogP contribution in [0.3, 0.4) is 0 Å². The van der Waals surface area contributed by atoms with Gasteiger partial charge in [0.1, 0.15) is 15.6 Å². The molecule has 1 atom stereocenters. The summed E-state index contributed by atoms with van der Waals surface area (Å²) in [7, 11) is 3.30. The van der Waals surface area contributed by atoms with Crippen LogP contribution < -0.4 is 9.47 Å². The summed E-state index contributed by atoms with van der Waals surface area (Å²) in [6, 6.07) is 6.04. The zero-order chi connectivity index (χ0) is 22.4. The Morgan fingerprint density at radius 3 is 2.58 bits per heavy atom. The van der Waals surface area contributed by atoms with Crippen molar-refractivity contribution in [3.05, 3.63) is 33.8 Å². The van der Waals surface area contributed by atoms with Gasteiger partial charge in [-0.05, 0) is 70.6 Å². The van der Waals surface area contributed by atoms with E-state index in [1.54, 1.807) is 30.5 Å². The van der Waals surface area contributed by atoms with Gasteiger partial charge in [-0.2, -0.15) is 0 Å². The first-order valence-electron chi connectivity index (χ1n) is 10.8. The Morgan fingerprint density at radius 2 is 1.87 bits per heavy atom. The minimum absolute atomic E-state index is 0.0205. The second-order valence-electron chi connectivity index (χ2n) is 8.76. The summed E-state index contributed by atoms with van der Waals surface area (Å²) < 4.78 is 16.2. The number of benzene rings is 1. The fourth-order valence-electron chi connectivity index (χ4n) is 3.71. The van der Waals surface area contributed by atoms with Gasteiger partial charge in [-0.15, -0.1) is 10.2 Å². The van der Waals surface area contributed by atoms with E-state index >= 15 is 0 Å². The van der Waals surface area contributed by atoms with E-state index in [1.165, 1.54) is 5.56 Å². The molecular formula is C23H33N3O4S. The number of ether oxygens (including phenoxy) is 3. The molecule has 0 bridgehead atoms. The van der Waals surface area contributed by atoms with E-state index in [9.17, 15) is 4.79 Å². The van der Waals surface area contributed by atoms with Gasteiger partial charge in [0.15, 0.2) is 11.5 Å². The van der Waals surface area contributed by atoms with Crippen LogP contribution in [0.25, 0.3) is 0 Å². The Morgan fingerprint density at radius 1 is 1.13 bits per heavy atom. The van der Waals surface area contributed by atoms with E-state index in [0.717, 1.165) is 60.0 Å². The van der Waals surface area contributed by atoms with Crippen molar-refractivity contribution in [1.29, 1.82) is 0 Å². The van der Waals surface area contributed by atoms with Gasteiger partial charge in [-0.25, -0.2) is 4.79 Å². The van der Waals surface area contributed by atoms with E-state index in [0.29, 0.717) is 6.54 Å². The molecule has 1 aromatic heterocycles. The molecule has 0 aliphatic carbocycles. The van der Waals surface area contributed by atoms with Crippen molar-refractivity contribution in [2.45, 2.75) is 70.9 Å². The first-order chi connectivity index (χ1) is 14.8. The van der Waals surface area contributed by atoms with Crippen molar-refractivity contribution >= 4 is 17.4 Å². The molecule has 1 aromatic carbocycles. The molecule has 8 heteroatoms. The van der Waals surface area contributed by atoms with E-state index in [1.807, 2.05) is 32.9 Å². The molecule has 1 aliphatic rings. The molecule has 0 N–H and O–H groups in total. The Bertz CT molecular complexity index is 878. The zero-order valence-electron chi connectivity index (χ0n) is 19.1. The largest absolute Gasteiger partial charge is 0.493 e. The topological polar surface area (TPSA) is 73.8 Å². The highest BCUT2D eigenvalue weighted by Gasteiger charge is 2.35.